The zero-order valence-corrected chi connectivity index (χ0v) is 26.9. The van der Waals surface area contributed by atoms with Crippen LogP contribution in [0.2, 0.25) is 5.02 Å². The maximum absolute atomic E-state index is 13.7. The van der Waals surface area contributed by atoms with E-state index in [0.29, 0.717) is 47.9 Å². The lowest BCUT2D eigenvalue weighted by atomic mass is 9.88. The number of halogens is 3. The molecule has 0 amide bonds. The Kier molecular flexibility index (Phi) is 10.6. The Labute approximate surface area is 269 Å². The van der Waals surface area contributed by atoms with Crippen molar-refractivity contribution < 1.29 is 18.7 Å². The lowest BCUT2D eigenvalue weighted by molar-refractivity contribution is 0.0699. The first-order valence-electron chi connectivity index (χ1n) is 15.0. The van der Waals surface area contributed by atoms with Gasteiger partial charge in [-0.15, -0.1) is 11.3 Å². The number of thiophene rings is 1. The molecular weight excluding hydrogens is 618 g/mol. The number of nitrogens with zero attached hydrogens (tertiary/aromatic N) is 4. The summed E-state index contributed by atoms with van der Waals surface area (Å²) in [6.45, 7) is 3.66. The number of aromatic nitrogens is 3. The van der Waals surface area contributed by atoms with Crippen LogP contribution in [-0.2, 0) is 19.4 Å². The molecule has 3 aromatic heterocycles. The Bertz CT molecular complexity index is 1830. The largest absolute Gasteiger partial charge is 0.478 e. The van der Waals surface area contributed by atoms with Crippen LogP contribution in [0.1, 0.15) is 58.7 Å². The molecule has 11 heteroatoms. The Balaban J connectivity index is 0.00000196. The number of carboxylic acid groups (broad SMARTS) is 1. The van der Waals surface area contributed by atoms with E-state index >= 15 is 0 Å². The number of aryl methyl sites for hydroxylation is 2. The first-order chi connectivity index (χ1) is 21.8. The summed E-state index contributed by atoms with van der Waals surface area (Å²) in [5.74, 6) is 6.42. The Morgan fingerprint density at radius 2 is 2.04 bits per heavy atom. The molecule has 1 saturated heterocycles. The van der Waals surface area contributed by atoms with E-state index in [4.69, 9.17) is 16.6 Å². The number of carboxylic acids is 1. The van der Waals surface area contributed by atoms with E-state index in [1.165, 1.54) is 11.3 Å². The molecule has 0 radical (unpaired) electrons. The molecule has 7 nitrogen and oxygen atoms in total. The molecule has 4 heterocycles. The summed E-state index contributed by atoms with van der Waals surface area (Å²) < 4.78 is 24.9. The van der Waals surface area contributed by atoms with Crippen molar-refractivity contribution >= 4 is 39.1 Å². The number of pyridine rings is 1. The van der Waals surface area contributed by atoms with Crippen LogP contribution in [0, 0.1) is 24.7 Å². The molecule has 0 saturated carbocycles. The fourth-order valence-corrected chi connectivity index (χ4v) is 7.68. The van der Waals surface area contributed by atoms with E-state index in [9.17, 15) is 23.5 Å². The Morgan fingerprint density at radius 3 is 2.82 bits per heavy atom. The van der Waals surface area contributed by atoms with E-state index in [1.807, 2.05) is 25.1 Å². The van der Waals surface area contributed by atoms with Gasteiger partial charge in [-0.05, 0) is 82.2 Å². The molecule has 4 aromatic rings. The van der Waals surface area contributed by atoms with E-state index in [-0.39, 0.29) is 30.4 Å². The molecule has 1 fully saturated rings. The first-order valence-corrected chi connectivity index (χ1v) is 16.2. The Morgan fingerprint density at radius 1 is 1.22 bits per heavy atom. The average Bonchev–Trinajstić information content (AvgIpc) is 3.49. The minimum absolute atomic E-state index is 0.0363. The number of alkyl halides is 2. The van der Waals surface area contributed by atoms with Gasteiger partial charge in [0.15, 0.2) is 0 Å². The van der Waals surface area contributed by atoms with E-state index in [1.54, 1.807) is 22.2 Å². The summed E-state index contributed by atoms with van der Waals surface area (Å²) in [6, 6.07) is 7.53. The monoisotopic (exact) mass is 652 g/mol. The van der Waals surface area contributed by atoms with Crippen LogP contribution in [0.4, 0.5) is 8.78 Å². The quantitative estimate of drug-likeness (QED) is 0.232. The van der Waals surface area contributed by atoms with E-state index in [0.717, 1.165) is 65.9 Å². The standard InChI is InChI=1S/C33H32ClFN4O3S.CH3F/c1-20-37-29-9-8-24(38-14-2-4-21(18-38)10-12-35)17-27(29)32(40)39(20)15-3-5-22-6-7-23(34)16-26(22)25-11-13-36-30-28(33(41)42)19-43-31(25)30;1-2/h6-7,11,13,16,19,21,24H,2,4,8-10,12,14-15,17-18H2,1H3,(H,41,42);1H3/t21?,24-;/m0./s1. The van der Waals surface area contributed by atoms with Crippen LogP contribution < -0.4 is 5.56 Å². The van der Waals surface area contributed by atoms with E-state index < -0.39 is 5.97 Å². The van der Waals surface area contributed by atoms with Gasteiger partial charge >= 0.3 is 5.97 Å². The predicted molar refractivity (Wildman–Crippen MR) is 175 cm³/mol. The van der Waals surface area contributed by atoms with Gasteiger partial charge in [0.1, 0.15) is 5.82 Å². The molecule has 1 aliphatic carbocycles. The third-order valence-electron chi connectivity index (χ3n) is 8.69. The molecular formula is C34H35ClF2N4O3S. The summed E-state index contributed by atoms with van der Waals surface area (Å²) in [4.78, 5) is 37.0. The average molecular weight is 653 g/mol. The van der Waals surface area contributed by atoms with Gasteiger partial charge in [-0.25, -0.2) is 9.78 Å². The van der Waals surface area contributed by atoms with Crippen molar-refractivity contribution in [1.82, 2.24) is 19.4 Å². The second-order valence-corrected chi connectivity index (χ2v) is 12.7. The minimum atomic E-state index is -1.02. The van der Waals surface area contributed by atoms with Gasteiger partial charge in [0.25, 0.3) is 5.56 Å². The second-order valence-electron chi connectivity index (χ2n) is 11.3. The van der Waals surface area contributed by atoms with Crippen molar-refractivity contribution in [2.24, 2.45) is 5.92 Å². The molecule has 6 rings (SSSR count). The molecule has 2 aliphatic rings. The van der Waals surface area contributed by atoms with Gasteiger partial charge in [0, 0.05) is 51.4 Å². The molecule has 45 heavy (non-hydrogen) atoms. The van der Waals surface area contributed by atoms with Crippen LogP contribution in [0.15, 0.2) is 40.6 Å². The molecule has 1 N–H and O–H groups in total. The fourth-order valence-electron chi connectivity index (χ4n) is 6.49. The smallest absolute Gasteiger partial charge is 0.338 e. The molecule has 2 atom stereocenters. The number of fused-ring (bicyclic) bond motifs is 2. The summed E-state index contributed by atoms with van der Waals surface area (Å²) in [6.07, 6.45) is 6.76. The topological polar surface area (TPSA) is 88.3 Å². The van der Waals surface area contributed by atoms with Crippen molar-refractivity contribution in [2.45, 2.75) is 58.0 Å². The highest BCUT2D eigenvalue weighted by atomic mass is 35.5. The molecule has 1 aromatic carbocycles. The molecule has 1 aliphatic heterocycles. The third-order valence-corrected chi connectivity index (χ3v) is 9.93. The first kappa shape index (κ1) is 32.7. The van der Waals surface area contributed by atoms with Crippen LogP contribution in [0.5, 0.6) is 0 Å². The van der Waals surface area contributed by atoms with Crippen molar-refractivity contribution in [3.63, 3.8) is 0 Å². The Hall–Kier alpha value is -3.65. The van der Waals surface area contributed by atoms with Crippen LogP contribution in [0.25, 0.3) is 21.3 Å². The van der Waals surface area contributed by atoms with E-state index in [2.05, 4.69) is 21.7 Å². The number of hydrogen-bond donors (Lipinski definition) is 1. The SMILES string of the molecule is CF.Cc1nc2c(c(=O)n1CC#Cc1ccc(Cl)cc1-c1ccnc3c(C(=O)O)csc13)C[C@@H](N1CCCC(CCF)C1)CC2. The lowest BCUT2D eigenvalue weighted by Crippen LogP contribution is -2.47. The normalized spacial score (nSPS) is 18.0. The number of benzene rings is 1. The highest BCUT2D eigenvalue weighted by Gasteiger charge is 2.31. The third kappa shape index (κ3) is 6.96. The van der Waals surface area contributed by atoms with Gasteiger partial charge in [0.05, 0.1) is 41.9 Å². The van der Waals surface area contributed by atoms with Crippen molar-refractivity contribution in [2.75, 3.05) is 26.9 Å². The van der Waals surface area contributed by atoms with Crippen molar-refractivity contribution in [1.29, 1.82) is 0 Å². The number of rotatable bonds is 6. The van der Waals surface area contributed by atoms with Crippen LogP contribution >= 0.6 is 22.9 Å². The predicted octanol–water partition coefficient (Wildman–Crippen LogP) is 6.75. The molecule has 0 spiro atoms. The number of likely N-dealkylation sites (tertiary alicyclic amines) is 1. The summed E-state index contributed by atoms with van der Waals surface area (Å²) >= 11 is 7.70. The van der Waals surface area contributed by atoms with Gasteiger partial charge in [-0.3, -0.25) is 28.0 Å². The fraction of sp³-hybridized carbons (Fsp3) is 0.412. The highest BCUT2D eigenvalue weighted by Crippen LogP contribution is 2.36. The zero-order valence-electron chi connectivity index (χ0n) is 25.3. The second kappa shape index (κ2) is 14.6. The van der Waals surface area contributed by atoms with Gasteiger partial charge in [0.2, 0.25) is 0 Å². The maximum atomic E-state index is 13.7. The minimum Gasteiger partial charge on any atom is -0.478 e. The number of carbonyl (C=O) groups is 1. The lowest BCUT2D eigenvalue weighted by Gasteiger charge is -2.40. The maximum Gasteiger partial charge on any atom is 0.338 e. The summed E-state index contributed by atoms with van der Waals surface area (Å²) in [5, 5.41) is 11.7. The summed E-state index contributed by atoms with van der Waals surface area (Å²) in [7, 11) is 0.500. The molecule has 0 bridgehead atoms. The van der Waals surface area contributed by atoms with Crippen molar-refractivity contribution in [3.05, 3.63) is 79.4 Å². The molecule has 1 unspecified atom stereocenters. The number of hydrogen-bond acceptors (Lipinski definition) is 6. The molecule has 236 valence electrons. The number of aromatic carboxylic acids is 1. The van der Waals surface area contributed by atoms with Crippen molar-refractivity contribution in [3.8, 4) is 23.0 Å². The zero-order chi connectivity index (χ0) is 32.1. The van der Waals surface area contributed by atoms with Gasteiger partial charge in [-0.2, -0.15) is 0 Å². The number of piperidine rings is 1. The van der Waals surface area contributed by atoms with Crippen LogP contribution in [0.3, 0.4) is 0 Å². The van der Waals surface area contributed by atoms with Gasteiger partial charge < -0.3 is 5.11 Å². The van der Waals surface area contributed by atoms with Crippen LogP contribution in [-0.4, -0.2) is 63.5 Å². The highest BCUT2D eigenvalue weighted by molar-refractivity contribution is 7.18. The summed E-state index contributed by atoms with van der Waals surface area (Å²) in [5.41, 5.74) is 4.50. The van der Waals surface area contributed by atoms with Gasteiger partial charge in [-0.1, -0.05) is 23.4 Å².